The van der Waals surface area contributed by atoms with Gasteiger partial charge in [-0.3, -0.25) is 10.2 Å². The van der Waals surface area contributed by atoms with Crippen molar-refractivity contribution in [1.82, 2.24) is 10.4 Å². The molecular formula is C12H14FN3O. The lowest BCUT2D eigenvalue weighted by molar-refractivity contribution is 0.0856. The Balaban J connectivity index is 3.10. The minimum atomic E-state index is -0.479. The second-order valence-electron chi connectivity index (χ2n) is 3.53. The van der Waals surface area contributed by atoms with Crippen molar-refractivity contribution in [3.63, 3.8) is 0 Å². The number of hydrazine groups is 1. The standard InChI is InChI=1S/C12H14FN3O/c1-16(2)15-12(17)11-8-10(13)6-5-9(11)4-3-7-14/h5-6,8H,7,14H2,1-2H3,(H,15,17). The van der Waals surface area contributed by atoms with Gasteiger partial charge in [-0.15, -0.1) is 0 Å². The summed E-state index contributed by atoms with van der Waals surface area (Å²) in [5.74, 6) is 4.48. The number of rotatable bonds is 2. The van der Waals surface area contributed by atoms with E-state index in [4.69, 9.17) is 5.73 Å². The molecule has 0 aliphatic heterocycles. The molecule has 17 heavy (non-hydrogen) atoms. The van der Waals surface area contributed by atoms with Gasteiger partial charge in [-0.1, -0.05) is 11.8 Å². The smallest absolute Gasteiger partial charge is 0.266 e. The fraction of sp³-hybridized carbons (Fsp3) is 0.250. The van der Waals surface area contributed by atoms with Crippen LogP contribution in [0.4, 0.5) is 4.39 Å². The van der Waals surface area contributed by atoms with Gasteiger partial charge >= 0.3 is 0 Å². The monoisotopic (exact) mass is 235 g/mol. The fourth-order valence-corrected chi connectivity index (χ4v) is 1.22. The van der Waals surface area contributed by atoms with Crippen LogP contribution in [0.5, 0.6) is 0 Å². The van der Waals surface area contributed by atoms with Gasteiger partial charge in [0.25, 0.3) is 5.91 Å². The Morgan fingerprint density at radius 2 is 2.24 bits per heavy atom. The van der Waals surface area contributed by atoms with Gasteiger partial charge in [0.05, 0.1) is 12.1 Å². The van der Waals surface area contributed by atoms with Gasteiger partial charge in [-0.05, 0) is 18.2 Å². The van der Waals surface area contributed by atoms with Gasteiger partial charge in [0.1, 0.15) is 5.82 Å². The van der Waals surface area contributed by atoms with Crippen LogP contribution < -0.4 is 11.2 Å². The number of carbonyl (C=O) groups excluding carboxylic acids is 1. The lowest BCUT2D eigenvalue weighted by Crippen LogP contribution is -2.36. The van der Waals surface area contributed by atoms with E-state index in [-0.39, 0.29) is 12.1 Å². The second kappa shape index (κ2) is 5.99. The lowest BCUT2D eigenvalue weighted by Gasteiger charge is -2.12. The third-order valence-electron chi connectivity index (χ3n) is 1.88. The molecule has 0 aromatic heterocycles. The van der Waals surface area contributed by atoms with Crippen molar-refractivity contribution in [2.45, 2.75) is 0 Å². The zero-order valence-electron chi connectivity index (χ0n) is 9.75. The van der Waals surface area contributed by atoms with E-state index in [1.165, 1.54) is 17.1 Å². The van der Waals surface area contributed by atoms with Crippen LogP contribution >= 0.6 is 0 Å². The number of halogens is 1. The molecule has 0 saturated heterocycles. The summed E-state index contributed by atoms with van der Waals surface area (Å²) in [7, 11) is 3.34. The summed E-state index contributed by atoms with van der Waals surface area (Å²) in [6.07, 6.45) is 0. The van der Waals surface area contributed by atoms with E-state index < -0.39 is 11.7 Å². The summed E-state index contributed by atoms with van der Waals surface area (Å²) in [6.45, 7) is 0.187. The van der Waals surface area contributed by atoms with Gasteiger partial charge in [-0.2, -0.15) is 0 Å². The number of hydrogen-bond acceptors (Lipinski definition) is 3. The Labute approximate surface area is 99.6 Å². The van der Waals surface area contributed by atoms with E-state index in [2.05, 4.69) is 17.3 Å². The highest BCUT2D eigenvalue weighted by molar-refractivity contribution is 5.96. The molecule has 5 heteroatoms. The average molecular weight is 235 g/mol. The van der Waals surface area contributed by atoms with Gasteiger partial charge in [0.15, 0.2) is 0 Å². The van der Waals surface area contributed by atoms with Crippen LogP contribution in [0.3, 0.4) is 0 Å². The zero-order chi connectivity index (χ0) is 12.8. The summed E-state index contributed by atoms with van der Waals surface area (Å²) in [4.78, 5) is 11.8. The molecule has 0 radical (unpaired) electrons. The molecule has 3 N–H and O–H groups in total. The van der Waals surface area contributed by atoms with Crippen molar-refractivity contribution >= 4 is 5.91 Å². The van der Waals surface area contributed by atoms with Crippen molar-refractivity contribution in [3.05, 3.63) is 35.1 Å². The first kappa shape index (κ1) is 13.2. The van der Waals surface area contributed by atoms with Crippen molar-refractivity contribution in [1.29, 1.82) is 0 Å². The Morgan fingerprint density at radius 1 is 1.53 bits per heavy atom. The van der Waals surface area contributed by atoms with Crippen LogP contribution in [-0.2, 0) is 0 Å². The summed E-state index contributed by atoms with van der Waals surface area (Å²) in [5, 5.41) is 1.48. The van der Waals surface area contributed by atoms with Gasteiger partial charge in [0.2, 0.25) is 0 Å². The van der Waals surface area contributed by atoms with Crippen LogP contribution in [0.2, 0.25) is 0 Å². The molecule has 0 fully saturated rings. The quantitative estimate of drug-likeness (QED) is 0.574. The van der Waals surface area contributed by atoms with E-state index in [0.29, 0.717) is 5.56 Å². The molecule has 0 unspecified atom stereocenters. The zero-order valence-corrected chi connectivity index (χ0v) is 9.75. The maximum absolute atomic E-state index is 13.1. The van der Waals surface area contributed by atoms with Crippen LogP contribution in [0.1, 0.15) is 15.9 Å². The topological polar surface area (TPSA) is 58.4 Å². The highest BCUT2D eigenvalue weighted by Gasteiger charge is 2.11. The minimum Gasteiger partial charge on any atom is -0.320 e. The summed E-state index contributed by atoms with van der Waals surface area (Å²) in [6, 6.07) is 3.87. The number of nitrogens with one attached hydrogen (secondary N) is 1. The largest absolute Gasteiger partial charge is 0.320 e. The Bertz CT molecular complexity index is 474. The Morgan fingerprint density at radius 3 is 2.82 bits per heavy atom. The molecule has 0 bridgehead atoms. The van der Waals surface area contributed by atoms with Crippen LogP contribution in [0.15, 0.2) is 18.2 Å². The predicted octanol–water partition coefficient (Wildman–Crippen LogP) is 0.342. The number of nitrogens with two attached hydrogens (primary N) is 1. The van der Waals surface area contributed by atoms with Crippen LogP contribution in [0.25, 0.3) is 0 Å². The number of amides is 1. The Hall–Kier alpha value is -1.90. The molecule has 0 aliphatic rings. The van der Waals surface area contributed by atoms with Crippen molar-refractivity contribution in [3.8, 4) is 11.8 Å². The molecule has 1 rings (SSSR count). The maximum atomic E-state index is 13.1. The number of benzene rings is 1. The molecule has 4 nitrogen and oxygen atoms in total. The van der Waals surface area contributed by atoms with E-state index in [1.54, 1.807) is 14.1 Å². The highest BCUT2D eigenvalue weighted by atomic mass is 19.1. The maximum Gasteiger partial charge on any atom is 0.266 e. The summed E-state index contributed by atoms with van der Waals surface area (Å²) >= 11 is 0. The lowest BCUT2D eigenvalue weighted by atomic mass is 10.1. The van der Waals surface area contributed by atoms with Gasteiger partial charge in [0, 0.05) is 19.7 Å². The molecule has 1 amide bonds. The van der Waals surface area contributed by atoms with E-state index >= 15 is 0 Å². The Kier molecular flexibility index (Phi) is 4.64. The number of nitrogens with zero attached hydrogens (tertiary/aromatic N) is 1. The van der Waals surface area contributed by atoms with Crippen LogP contribution in [-0.4, -0.2) is 31.6 Å². The predicted molar refractivity (Wildman–Crippen MR) is 63.5 cm³/mol. The average Bonchev–Trinajstić information content (AvgIpc) is 2.26. The van der Waals surface area contributed by atoms with Crippen molar-refractivity contribution in [2.75, 3.05) is 20.6 Å². The molecular weight excluding hydrogens is 221 g/mol. The van der Waals surface area contributed by atoms with Gasteiger partial charge < -0.3 is 5.73 Å². The second-order valence-corrected chi connectivity index (χ2v) is 3.53. The molecule has 0 saturated carbocycles. The molecule has 0 spiro atoms. The molecule has 0 atom stereocenters. The third kappa shape index (κ3) is 3.87. The normalized spacial score (nSPS) is 9.71. The molecule has 1 aromatic rings. The number of carbonyl (C=O) groups is 1. The van der Waals surface area contributed by atoms with Crippen molar-refractivity contribution < 1.29 is 9.18 Å². The van der Waals surface area contributed by atoms with Crippen LogP contribution in [0, 0.1) is 17.7 Å². The first-order valence-electron chi connectivity index (χ1n) is 5.01. The van der Waals surface area contributed by atoms with Crippen molar-refractivity contribution in [2.24, 2.45) is 5.73 Å². The first-order valence-corrected chi connectivity index (χ1v) is 5.01. The first-order chi connectivity index (χ1) is 8.04. The minimum absolute atomic E-state index is 0.187. The van der Waals surface area contributed by atoms with Gasteiger partial charge in [-0.25, -0.2) is 9.40 Å². The third-order valence-corrected chi connectivity index (χ3v) is 1.88. The highest BCUT2D eigenvalue weighted by Crippen LogP contribution is 2.10. The molecule has 0 aliphatic carbocycles. The molecule has 90 valence electrons. The summed E-state index contributed by atoms with van der Waals surface area (Å²) in [5.41, 5.74) is 8.44. The molecule has 1 aromatic carbocycles. The fourth-order valence-electron chi connectivity index (χ4n) is 1.22. The number of hydrogen-bond donors (Lipinski definition) is 2. The SMILES string of the molecule is CN(C)NC(=O)c1cc(F)ccc1C#CCN. The van der Waals surface area contributed by atoms with E-state index in [1.807, 2.05) is 0 Å². The van der Waals surface area contributed by atoms with E-state index in [0.717, 1.165) is 6.07 Å². The van der Waals surface area contributed by atoms with E-state index in [9.17, 15) is 9.18 Å². The summed E-state index contributed by atoms with van der Waals surface area (Å²) < 4.78 is 13.1. The molecule has 0 heterocycles.